The van der Waals surface area contributed by atoms with E-state index in [4.69, 9.17) is 14.3 Å². The van der Waals surface area contributed by atoms with Crippen molar-refractivity contribution in [2.75, 3.05) is 13.7 Å². The van der Waals surface area contributed by atoms with Crippen molar-refractivity contribution >= 4 is 18.4 Å². The van der Waals surface area contributed by atoms with E-state index in [1.165, 1.54) is 0 Å². The molecule has 0 atom stereocenters. The SMILES string of the molecule is COc1ccccc1CCNCc1ccc(-c2cccc(C(=O)O)c2)o1.Cl. The van der Waals surface area contributed by atoms with Gasteiger partial charge in [-0.05, 0) is 48.9 Å². The number of furan rings is 1. The van der Waals surface area contributed by atoms with E-state index >= 15 is 0 Å². The van der Waals surface area contributed by atoms with Gasteiger partial charge in [-0.2, -0.15) is 0 Å². The molecule has 0 aliphatic carbocycles. The summed E-state index contributed by atoms with van der Waals surface area (Å²) >= 11 is 0. The van der Waals surface area contributed by atoms with Gasteiger partial charge in [-0.3, -0.25) is 0 Å². The van der Waals surface area contributed by atoms with Gasteiger partial charge in [0.1, 0.15) is 17.3 Å². The molecule has 2 aromatic carbocycles. The lowest BCUT2D eigenvalue weighted by atomic mass is 10.1. The van der Waals surface area contributed by atoms with Crippen LogP contribution in [0.15, 0.2) is 65.1 Å². The molecule has 0 saturated carbocycles. The van der Waals surface area contributed by atoms with E-state index < -0.39 is 5.97 Å². The van der Waals surface area contributed by atoms with Crippen LogP contribution in [0, 0.1) is 0 Å². The highest BCUT2D eigenvalue weighted by molar-refractivity contribution is 5.89. The zero-order valence-electron chi connectivity index (χ0n) is 15.0. The summed E-state index contributed by atoms with van der Waals surface area (Å²) in [5, 5.41) is 12.4. The average molecular weight is 388 g/mol. The van der Waals surface area contributed by atoms with Crippen LogP contribution in [0.2, 0.25) is 0 Å². The Labute approximate surface area is 164 Å². The number of para-hydroxylation sites is 1. The van der Waals surface area contributed by atoms with E-state index in [2.05, 4.69) is 11.4 Å². The molecule has 1 heterocycles. The molecule has 0 aliphatic rings. The highest BCUT2D eigenvalue weighted by Crippen LogP contribution is 2.23. The average Bonchev–Trinajstić information content (AvgIpc) is 3.14. The lowest BCUT2D eigenvalue weighted by Crippen LogP contribution is -2.16. The van der Waals surface area contributed by atoms with Gasteiger partial charge in [0.05, 0.1) is 19.2 Å². The van der Waals surface area contributed by atoms with E-state index in [-0.39, 0.29) is 18.0 Å². The van der Waals surface area contributed by atoms with Crippen molar-refractivity contribution in [1.82, 2.24) is 5.32 Å². The highest BCUT2D eigenvalue weighted by Gasteiger charge is 2.08. The number of halogens is 1. The highest BCUT2D eigenvalue weighted by atomic mass is 35.5. The van der Waals surface area contributed by atoms with Crippen LogP contribution in [-0.4, -0.2) is 24.7 Å². The number of hydrogen-bond acceptors (Lipinski definition) is 4. The molecule has 0 amide bonds. The monoisotopic (exact) mass is 387 g/mol. The van der Waals surface area contributed by atoms with Gasteiger partial charge < -0.3 is 19.6 Å². The van der Waals surface area contributed by atoms with Gasteiger partial charge in [-0.25, -0.2) is 4.79 Å². The van der Waals surface area contributed by atoms with Crippen molar-refractivity contribution < 1.29 is 19.1 Å². The van der Waals surface area contributed by atoms with Crippen molar-refractivity contribution in [3.63, 3.8) is 0 Å². The third kappa shape index (κ3) is 5.36. The number of ether oxygens (including phenoxy) is 1. The minimum absolute atomic E-state index is 0. The Morgan fingerprint density at radius 3 is 2.70 bits per heavy atom. The van der Waals surface area contributed by atoms with Gasteiger partial charge in [-0.1, -0.05) is 30.3 Å². The van der Waals surface area contributed by atoms with E-state index in [1.54, 1.807) is 25.3 Å². The molecule has 3 aromatic rings. The number of carboxylic acids is 1. The van der Waals surface area contributed by atoms with E-state index in [9.17, 15) is 4.79 Å². The van der Waals surface area contributed by atoms with Crippen LogP contribution in [0.25, 0.3) is 11.3 Å². The lowest BCUT2D eigenvalue weighted by molar-refractivity contribution is 0.0697. The fourth-order valence-corrected chi connectivity index (χ4v) is 2.78. The van der Waals surface area contributed by atoms with E-state index in [0.29, 0.717) is 12.3 Å². The molecule has 27 heavy (non-hydrogen) atoms. The molecule has 5 nitrogen and oxygen atoms in total. The number of methoxy groups -OCH3 is 1. The van der Waals surface area contributed by atoms with Gasteiger partial charge in [0.25, 0.3) is 0 Å². The van der Waals surface area contributed by atoms with Crippen LogP contribution >= 0.6 is 12.4 Å². The number of nitrogens with one attached hydrogen (secondary N) is 1. The molecule has 0 saturated heterocycles. The van der Waals surface area contributed by atoms with E-state index in [1.807, 2.05) is 36.4 Å². The van der Waals surface area contributed by atoms with Crippen LogP contribution in [-0.2, 0) is 13.0 Å². The fourth-order valence-electron chi connectivity index (χ4n) is 2.78. The summed E-state index contributed by atoms with van der Waals surface area (Å²) in [5.41, 5.74) is 2.16. The number of carbonyl (C=O) groups is 1. The number of rotatable bonds is 8. The predicted octanol–water partition coefficient (Wildman–Crippen LogP) is 4.41. The maximum absolute atomic E-state index is 11.1. The first kappa shape index (κ1) is 20.6. The van der Waals surface area contributed by atoms with Crippen molar-refractivity contribution in [2.24, 2.45) is 0 Å². The second-order valence-electron chi connectivity index (χ2n) is 5.89. The second kappa shape index (κ2) is 9.80. The summed E-state index contributed by atoms with van der Waals surface area (Å²) in [7, 11) is 1.68. The number of hydrogen-bond donors (Lipinski definition) is 2. The van der Waals surface area contributed by atoms with E-state index in [0.717, 1.165) is 35.6 Å². The van der Waals surface area contributed by atoms with Crippen molar-refractivity contribution in [2.45, 2.75) is 13.0 Å². The Kier molecular flexibility index (Phi) is 7.46. The zero-order valence-corrected chi connectivity index (χ0v) is 15.8. The fraction of sp³-hybridized carbons (Fsp3) is 0.190. The molecular weight excluding hydrogens is 366 g/mol. The molecule has 6 heteroatoms. The quantitative estimate of drug-likeness (QED) is 0.560. The summed E-state index contributed by atoms with van der Waals surface area (Å²) in [6.07, 6.45) is 0.859. The Morgan fingerprint density at radius 1 is 1.11 bits per heavy atom. The third-order valence-corrected chi connectivity index (χ3v) is 4.12. The second-order valence-corrected chi connectivity index (χ2v) is 5.89. The molecule has 0 radical (unpaired) electrons. The van der Waals surface area contributed by atoms with Gasteiger partial charge in [0.2, 0.25) is 0 Å². The minimum atomic E-state index is -0.948. The molecule has 0 unspecified atom stereocenters. The Balaban J connectivity index is 0.00000261. The molecule has 0 spiro atoms. The normalized spacial score (nSPS) is 10.3. The molecule has 142 valence electrons. The predicted molar refractivity (Wildman–Crippen MR) is 107 cm³/mol. The zero-order chi connectivity index (χ0) is 18.4. The number of aromatic carboxylic acids is 1. The molecule has 3 rings (SSSR count). The summed E-state index contributed by atoms with van der Waals surface area (Å²) in [6, 6.07) is 18.5. The van der Waals surface area contributed by atoms with Crippen LogP contribution in [0.3, 0.4) is 0 Å². The summed E-state index contributed by atoms with van der Waals surface area (Å²) < 4.78 is 11.2. The maximum Gasteiger partial charge on any atom is 0.335 e. The first-order chi connectivity index (χ1) is 12.7. The maximum atomic E-state index is 11.1. The van der Waals surface area contributed by atoms with Gasteiger partial charge in [0, 0.05) is 5.56 Å². The molecule has 0 fully saturated rings. The minimum Gasteiger partial charge on any atom is -0.496 e. The summed E-state index contributed by atoms with van der Waals surface area (Å²) in [4.78, 5) is 11.1. The Morgan fingerprint density at radius 2 is 1.93 bits per heavy atom. The Bertz CT molecular complexity index is 891. The van der Waals surface area contributed by atoms with Crippen molar-refractivity contribution in [1.29, 1.82) is 0 Å². The summed E-state index contributed by atoms with van der Waals surface area (Å²) in [5.74, 6) is 1.42. The van der Waals surface area contributed by atoms with Crippen LogP contribution < -0.4 is 10.1 Å². The van der Waals surface area contributed by atoms with Gasteiger partial charge >= 0.3 is 5.97 Å². The molecule has 0 aliphatic heterocycles. The molecule has 0 bridgehead atoms. The molecular formula is C21H22ClNO4. The first-order valence-corrected chi connectivity index (χ1v) is 8.42. The molecule has 1 aromatic heterocycles. The number of carboxylic acid groups (broad SMARTS) is 1. The summed E-state index contributed by atoms with van der Waals surface area (Å²) in [6.45, 7) is 1.40. The molecule has 2 N–H and O–H groups in total. The largest absolute Gasteiger partial charge is 0.496 e. The van der Waals surface area contributed by atoms with Crippen LogP contribution in [0.1, 0.15) is 21.7 Å². The van der Waals surface area contributed by atoms with Crippen LogP contribution in [0.4, 0.5) is 0 Å². The standard InChI is InChI=1S/C21H21NO4.ClH/c1-25-19-8-3-2-5-15(19)11-12-22-14-18-9-10-20(26-18)16-6-4-7-17(13-16)21(23)24;/h2-10,13,22H,11-12,14H2,1H3,(H,23,24);1H. The van der Waals surface area contributed by atoms with Gasteiger partial charge in [-0.15, -0.1) is 12.4 Å². The van der Waals surface area contributed by atoms with Gasteiger partial charge in [0.15, 0.2) is 0 Å². The third-order valence-electron chi connectivity index (χ3n) is 4.12. The van der Waals surface area contributed by atoms with Crippen molar-refractivity contribution in [3.05, 3.63) is 77.6 Å². The Hall–Kier alpha value is -2.76. The topological polar surface area (TPSA) is 71.7 Å². The lowest BCUT2D eigenvalue weighted by Gasteiger charge is -2.08. The van der Waals surface area contributed by atoms with Crippen LogP contribution in [0.5, 0.6) is 5.75 Å². The van der Waals surface area contributed by atoms with Crippen molar-refractivity contribution in [3.8, 4) is 17.1 Å². The first-order valence-electron chi connectivity index (χ1n) is 8.42. The number of benzene rings is 2. The smallest absolute Gasteiger partial charge is 0.335 e.